The summed E-state index contributed by atoms with van der Waals surface area (Å²) in [7, 11) is 0. The number of amides is 1. The number of nitrogens with zero attached hydrogens (tertiary/aromatic N) is 5. The van der Waals surface area contributed by atoms with E-state index in [4.69, 9.17) is 4.52 Å². The Morgan fingerprint density at radius 1 is 1.58 bits per heavy atom. The van der Waals surface area contributed by atoms with E-state index in [1.165, 1.54) is 17.3 Å². The van der Waals surface area contributed by atoms with Crippen LogP contribution in [-0.2, 0) is 11.3 Å². The largest absolute Gasteiger partial charge is 0.361 e. The van der Waals surface area contributed by atoms with Gasteiger partial charge in [0.1, 0.15) is 30.6 Å². The van der Waals surface area contributed by atoms with Crippen molar-refractivity contribution < 1.29 is 13.7 Å². The minimum absolute atomic E-state index is 0.0544. The topological polar surface area (TPSA) is 89.1 Å². The lowest BCUT2D eigenvalue weighted by molar-refractivity contribution is -0.124. The average Bonchev–Trinajstić information content (AvgIpc) is 3.28. The molecule has 0 aromatic carbocycles. The molecule has 2 aromatic rings. The second kappa shape index (κ2) is 7.08. The first-order chi connectivity index (χ1) is 11.5. The van der Waals surface area contributed by atoms with Gasteiger partial charge in [0.2, 0.25) is 5.91 Å². The minimum Gasteiger partial charge on any atom is -0.361 e. The second-order valence-electron chi connectivity index (χ2n) is 6.12. The number of aryl methyl sites for hydroxylation is 1. The van der Waals surface area contributed by atoms with E-state index < -0.39 is 12.2 Å². The third kappa shape index (κ3) is 3.61. The summed E-state index contributed by atoms with van der Waals surface area (Å²) >= 11 is 0. The molecule has 130 valence electrons. The molecule has 8 nitrogen and oxygen atoms in total. The van der Waals surface area contributed by atoms with E-state index in [9.17, 15) is 9.18 Å². The Morgan fingerprint density at radius 3 is 3.08 bits per heavy atom. The van der Waals surface area contributed by atoms with Crippen molar-refractivity contribution in [3.63, 3.8) is 0 Å². The van der Waals surface area contributed by atoms with Crippen LogP contribution in [0.2, 0.25) is 0 Å². The quantitative estimate of drug-likeness (QED) is 0.842. The van der Waals surface area contributed by atoms with Crippen LogP contribution in [0, 0.1) is 6.92 Å². The molecule has 0 radical (unpaired) electrons. The summed E-state index contributed by atoms with van der Waals surface area (Å²) in [6.45, 7) is 4.89. The Hall–Kier alpha value is -2.29. The van der Waals surface area contributed by atoms with Crippen LogP contribution in [0.25, 0.3) is 0 Å². The highest BCUT2D eigenvalue weighted by Crippen LogP contribution is 2.23. The summed E-state index contributed by atoms with van der Waals surface area (Å²) in [5.41, 5.74) is 0.941. The van der Waals surface area contributed by atoms with Gasteiger partial charge in [-0.3, -0.25) is 9.69 Å². The van der Waals surface area contributed by atoms with E-state index in [-0.39, 0.29) is 11.9 Å². The second-order valence-corrected chi connectivity index (χ2v) is 6.12. The maximum Gasteiger partial charge on any atom is 0.244 e. The number of likely N-dealkylation sites (tertiary alicyclic amines) is 1. The van der Waals surface area contributed by atoms with Crippen molar-refractivity contribution in [2.45, 2.75) is 45.1 Å². The highest BCUT2D eigenvalue weighted by molar-refractivity contribution is 5.79. The number of hydrogen-bond donors (Lipinski definition) is 1. The zero-order chi connectivity index (χ0) is 17.1. The molecule has 0 aliphatic carbocycles. The molecule has 1 amide bonds. The zero-order valence-corrected chi connectivity index (χ0v) is 13.7. The Balaban J connectivity index is 1.56. The third-order valence-corrected chi connectivity index (χ3v) is 4.43. The third-order valence-electron chi connectivity index (χ3n) is 4.43. The van der Waals surface area contributed by atoms with E-state index in [1.54, 1.807) is 13.1 Å². The molecule has 3 heterocycles. The predicted octanol–water partition coefficient (Wildman–Crippen LogP) is 0.864. The van der Waals surface area contributed by atoms with Gasteiger partial charge >= 0.3 is 0 Å². The van der Waals surface area contributed by atoms with Gasteiger partial charge in [-0.1, -0.05) is 5.16 Å². The Bertz CT molecular complexity index is 673. The summed E-state index contributed by atoms with van der Waals surface area (Å²) in [4.78, 5) is 18.1. The Kier molecular flexibility index (Phi) is 4.89. The van der Waals surface area contributed by atoms with Gasteiger partial charge in [0.25, 0.3) is 0 Å². The summed E-state index contributed by atoms with van der Waals surface area (Å²) < 4.78 is 20.4. The molecule has 9 heteroatoms. The maximum atomic E-state index is 13.8. The Labute approximate surface area is 139 Å². The molecule has 2 aromatic heterocycles. The highest BCUT2D eigenvalue weighted by atomic mass is 19.1. The zero-order valence-electron chi connectivity index (χ0n) is 13.7. The van der Waals surface area contributed by atoms with E-state index in [0.29, 0.717) is 26.1 Å². The van der Waals surface area contributed by atoms with Gasteiger partial charge in [-0.25, -0.2) is 14.1 Å². The molecule has 3 rings (SSSR count). The molecule has 1 aliphatic rings. The fraction of sp³-hybridized carbons (Fsp3) is 0.600. The molecular formula is C15H21FN6O2. The number of alkyl halides is 1. The lowest BCUT2D eigenvalue weighted by Gasteiger charge is -2.24. The molecule has 1 aliphatic heterocycles. The van der Waals surface area contributed by atoms with Crippen LogP contribution in [0.4, 0.5) is 4.39 Å². The van der Waals surface area contributed by atoms with Crippen molar-refractivity contribution >= 4 is 5.91 Å². The summed E-state index contributed by atoms with van der Waals surface area (Å²) in [6, 6.07) is -0.509. The summed E-state index contributed by atoms with van der Waals surface area (Å²) in [5, 5.41) is 10.6. The number of halogens is 1. The van der Waals surface area contributed by atoms with Crippen LogP contribution < -0.4 is 5.32 Å². The van der Waals surface area contributed by atoms with Crippen LogP contribution in [0.5, 0.6) is 0 Å². The van der Waals surface area contributed by atoms with Gasteiger partial charge in [-0.15, -0.1) is 0 Å². The number of carbonyl (C=O) groups excluding carboxylic acids is 1. The lowest BCUT2D eigenvalue weighted by Crippen LogP contribution is -2.41. The van der Waals surface area contributed by atoms with Crippen LogP contribution in [-0.4, -0.2) is 56.0 Å². The average molecular weight is 336 g/mol. The molecule has 0 spiro atoms. The van der Waals surface area contributed by atoms with Gasteiger partial charge < -0.3 is 9.84 Å². The normalized spacial score (nSPS) is 22.6. The number of hydrogen-bond acceptors (Lipinski definition) is 6. The standard InChI is InChI=1S/C15H21FN6O2/c1-10(22-9-17-8-19-22)15(23)18-5-14-3-13(16)7-21(14)6-12-4-20-24-11(12)2/h4,8-10,13-14H,3,5-7H2,1-2H3,(H,18,23)/t10-,13+,14+/m1/s1. The van der Waals surface area contributed by atoms with Gasteiger partial charge in [-0.05, 0) is 20.3 Å². The molecule has 1 fully saturated rings. The van der Waals surface area contributed by atoms with Crippen molar-refractivity contribution in [2.75, 3.05) is 13.1 Å². The van der Waals surface area contributed by atoms with E-state index in [0.717, 1.165) is 11.3 Å². The van der Waals surface area contributed by atoms with Crippen LogP contribution >= 0.6 is 0 Å². The van der Waals surface area contributed by atoms with Gasteiger partial charge in [0, 0.05) is 31.2 Å². The molecule has 0 bridgehead atoms. The fourth-order valence-corrected chi connectivity index (χ4v) is 2.92. The van der Waals surface area contributed by atoms with Crippen molar-refractivity contribution in [3.8, 4) is 0 Å². The fourth-order valence-electron chi connectivity index (χ4n) is 2.92. The van der Waals surface area contributed by atoms with Crippen molar-refractivity contribution in [2.24, 2.45) is 0 Å². The van der Waals surface area contributed by atoms with Crippen LogP contribution in [0.15, 0.2) is 23.4 Å². The first-order valence-electron chi connectivity index (χ1n) is 7.94. The summed E-state index contributed by atoms with van der Waals surface area (Å²) in [6.07, 6.45) is 4.06. The molecule has 1 saturated heterocycles. The van der Waals surface area contributed by atoms with Crippen molar-refractivity contribution in [1.29, 1.82) is 0 Å². The Morgan fingerprint density at radius 2 is 2.42 bits per heavy atom. The SMILES string of the molecule is Cc1oncc1CN1C[C@@H](F)C[C@H]1CNC(=O)[C@@H](C)n1cncn1. The number of carbonyl (C=O) groups is 1. The molecular weight excluding hydrogens is 315 g/mol. The van der Waals surface area contributed by atoms with Crippen LogP contribution in [0.3, 0.4) is 0 Å². The van der Waals surface area contributed by atoms with Crippen LogP contribution in [0.1, 0.15) is 30.7 Å². The smallest absolute Gasteiger partial charge is 0.244 e. The molecule has 3 atom stereocenters. The number of aromatic nitrogens is 4. The van der Waals surface area contributed by atoms with Gasteiger partial charge in [0.05, 0.1) is 6.20 Å². The first kappa shape index (κ1) is 16.6. The molecule has 0 saturated carbocycles. The minimum atomic E-state index is -0.889. The van der Waals surface area contributed by atoms with Crippen molar-refractivity contribution in [3.05, 3.63) is 30.2 Å². The van der Waals surface area contributed by atoms with Gasteiger partial charge in [0.15, 0.2) is 0 Å². The van der Waals surface area contributed by atoms with E-state index in [1.807, 2.05) is 11.8 Å². The molecule has 0 unspecified atom stereocenters. The lowest BCUT2D eigenvalue weighted by atomic mass is 10.2. The van der Waals surface area contributed by atoms with E-state index >= 15 is 0 Å². The summed E-state index contributed by atoms with van der Waals surface area (Å²) in [5.74, 6) is 0.573. The highest BCUT2D eigenvalue weighted by Gasteiger charge is 2.33. The maximum absolute atomic E-state index is 13.8. The predicted molar refractivity (Wildman–Crippen MR) is 82.7 cm³/mol. The number of rotatable bonds is 6. The van der Waals surface area contributed by atoms with Crippen molar-refractivity contribution in [1.82, 2.24) is 30.1 Å². The van der Waals surface area contributed by atoms with Gasteiger partial charge in [-0.2, -0.15) is 5.10 Å². The monoisotopic (exact) mass is 336 g/mol. The van der Waals surface area contributed by atoms with E-state index in [2.05, 4.69) is 20.6 Å². The molecule has 24 heavy (non-hydrogen) atoms. The molecule has 1 N–H and O–H groups in total. The number of nitrogens with one attached hydrogen (secondary N) is 1. The first-order valence-corrected chi connectivity index (χ1v) is 7.94.